The number of aromatic nitrogens is 3. The lowest BCUT2D eigenvalue weighted by Crippen LogP contribution is -2.12. The molecule has 2 aromatic heterocycles. The van der Waals surface area contributed by atoms with Crippen LogP contribution in [0.3, 0.4) is 0 Å². The van der Waals surface area contributed by atoms with Crippen LogP contribution in [0.4, 0.5) is 0 Å². The maximum atomic E-state index is 12.2. The molecule has 0 atom stereocenters. The van der Waals surface area contributed by atoms with Crippen LogP contribution in [0.2, 0.25) is 5.02 Å². The molecular weight excluding hydrogens is 250 g/mol. The highest BCUT2D eigenvalue weighted by molar-refractivity contribution is 6.31. The number of hydrogen-bond donors (Lipinski definition) is 0. The van der Waals surface area contributed by atoms with Crippen molar-refractivity contribution in [2.45, 2.75) is 27.3 Å². The molecule has 0 saturated heterocycles. The van der Waals surface area contributed by atoms with E-state index < -0.39 is 0 Å². The van der Waals surface area contributed by atoms with Gasteiger partial charge in [0.05, 0.1) is 10.7 Å². The second-order valence-electron chi connectivity index (χ2n) is 4.53. The van der Waals surface area contributed by atoms with Crippen molar-refractivity contribution in [1.82, 2.24) is 14.3 Å². The fraction of sp³-hybridized carbons (Fsp3) is 0.385. The van der Waals surface area contributed by atoms with Crippen LogP contribution in [0, 0.1) is 20.8 Å². The Bertz CT molecular complexity index is 591. The van der Waals surface area contributed by atoms with E-state index in [0.717, 1.165) is 22.6 Å². The molecular formula is C13H16ClN3O. The lowest BCUT2D eigenvalue weighted by molar-refractivity contribution is 0.0967. The van der Waals surface area contributed by atoms with Crippen LogP contribution in [-0.2, 0) is 13.6 Å². The van der Waals surface area contributed by atoms with E-state index in [-0.39, 0.29) is 12.3 Å². The zero-order valence-electron chi connectivity index (χ0n) is 11.0. The molecule has 0 bridgehead atoms. The predicted octanol–water partition coefficient (Wildman–Crippen LogP) is 2.68. The van der Waals surface area contributed by atoms with Crippen molar-refractivity contribution < 1.29 is 4.79 Å². The second-order valence-corrected chi connectivity index (χ2v) is 4.93. The number of halogens is 1. The molecule has 0 aliphatic rings. The lowest BCUT2D eigenvalue weighted by Gasteiger charge is -2.02. The molecule has 2 heterocycles. The van der Waals surface area contributed by atoms with E-state index in [4.69, 9.17) is 11.6 Å². The van der Waals surface area contributed by atoms with Gasteiger partial charge in [-0.25, -0.2) is 0 Å². The summed E-state index contributed by atoms with van der Waals surface area (Å²) in [6.07, 6.45) is 1.68. The van der Waals surface area contributed by atoms with Crippen molar-refractivity contribution in [3.63, 3.8) is 0 Å². The molecule has 0 N–H and O–H groups in total. The van der Waals surface area contributed by atoms with Gasteiger partial charge in [0.2, 0.25) is 0 Å². The van der Waals surface area contributed by atoms with Crippen molar-refractivity contribution >= 4 is 17.4 Å². The first-order valence-corrected chi connectivity index (χ1v) is 6.13. The first-order valence-electron chi connectivity index (χ1n) is 5.76. The fourth-order valence-electron chi connectivity index (χ4n) is 1.94. The van der Waals surface area contributed by atoms with Gasteiger partial charge in [-0.05, 0) is 26.8 Å². The normalized spacial score (nSPS) is 10.9. The van der Waals surface area contributed by atoms with Gasteiger partial charge in [0.1, 0.15) is 6.54 Å². The molecule has 18 heavy (non-hydrogen) atoms. The van der Waals surface area contributed by atoms with Gasteiger partial charge in [-0.2, -0.15) is 5.10 Å². The number of aryl methyl sites for hydroxylation is 2. The fourth-order valence-corrected chi connectivity index (χ4v) is 2.09. The monoisotopic (exact) mass is 265 g/mol. The molecule has 0 aliphatic carbocycles. The molecule has 0 aromatic carbocycles. The maximum Gasteiger partial charge on any atom is 0.186 e. The summed E-state index contributed by atoms with van der Waals surface area (Å²) in [6.45, 7) is 5.97. The number of Topliss-reactive ketones (excluding diaryl/α,β-unsaturated/α-hetero) is 1. The summed E-state index contributed by atoms with van der Waals surface area (Å²) in [7, 11) is 1.95. The molecule has 5 heteroatoms. The molecule has 0 fully saturated rings. The van der Waals surface area contributed by atoms with Crippen LogP contribution in [-0.4, -0.2) is 20.1 Å². The molecule has 0 spiro atoms. The number of rotatable bonds is 3. The molecule has 2 aromatic rings. The average Bonchev–Trinajstić information content (AvgIpc) is 2.74. The third kappa shape index (κ3) is 2.20. The van der Waals surface area contributed by atoms with Crippen LogP contribution < -0.4 is 0 Å². The zero-order chi connectivity index (χ0) is 13.4. The SMILES string of the molecule is Cc1nn(CC(=O)c2cc(C)n(C)c2C)cc1Cl. The summed E-state index contributed by atoms with van der Waals surface area (Å²) in [6, 6.07) is 1.91. The quantitative estimate of drug-likeness (QED) is 0.801. The number of ketones is 1. The van der Waals surface area contributed by atoms with E-state index in [1.54, 1.807) is 10.9 Å². The smallest absolute Gasteiger partial charge is 0.186 e. The summed E-state index contributed by atoms with van der Waals surface area (Å²) in [4.78, 5) is 12.2. The van der Waals surface area contributed by atoms with Gasteiger partial charge in [0, 0.05) is 30.2 Å². The number of nitrogens with zero attached hydrogens (tertiary/aromatic N) is 3. The molecule has 4 nitrogen and oxygen atoms in total. The molecule has 0 amide bonds. The largest absolute Gasteiger partial charge is 0.351 e. The van der Waals surface area contributed by atoms with E-state index in [1.807, 2.05) is 38.5 Å². The van der Waals surface area contributed by atoms with Crippen LogP contribution in [0.15, 0.2) is 12.3 Å². The van der Waals surface area contributed by atoms with Crippen molar-refractivity contribution in [3.8, 4) is 0 Å². The summed E-state index contributed by atoms with van der Waals surface area (Å²) >= 11 is 5.92. The topological polar surface area (TPSA) is 39.8 Å². The Morgan fingerprint density at radius 1 is 1.39 bits per heavy atom. The number of carbonyl (C=O) groups excluding carboxylic acids is 1. The van der Waals surface area contributed by atoms with Crippen LogP contribution in [0.25, 0.3) is 0 Å². The summed E-state index contributed by atoms with van der Waals surface area (Å²) < 4.78 is 3.59. The molecule has 0 aliphatic heterocycles. The Kier molecular flexibility index (Phi) is 3.30. The highest BCUT2D eigenvalue weighted by Crippen LogP contribution is 2.16. The third-order valence-electron chi connectivity index (χ3n) is 3.27. The summed E-state index contributed by atoms with van der Waals surface area (Å²) in [5.74, 6) is 0.0513. The van der Waals surface area contributed by atoms with E-state index in [0.29, 0.717) is 5.02 Å². The highest BCUT2D eigenvalue weighted by atomic mass is 35.5. The predicted molar refractivity (Wildman–Crippen MR) is 71.2 cm³/mol. The Morgan fingerprint density at radius 2 is 2.06 bits per heavy atom. The van der Waals surface area contributed by atoms with Crippen LogP contribution in [0.5, 0.6) is 0 Å². The molecule has 0 saturated carbocycles. The Balaban J connectivity index is 2.24. The Morgan fingerprint density at radius 3 is 2.50 bits per heavy atom. The van der Waals surface area contributed by atoms with Crippen molar-refractivity contribution in [1.29, 1.82) is 0 Å². The van der Waals surface area contributed by atoms with Crippen molar-refractivity contribution in [2.24, 2.45) is 7.05 Å². The first kappa shape index (κ1) is 12.9. The van der Waals surface area contributed by atoms with Gasteiger partial charge in [0.25, 0.3) is 0 Å². The van der Waals surface area contributed by atoms with Gasteiger partial charge in [-0.3, -0.25) is 9.48 Å². The van der Waals surface area contributed by atoms with E-state index in [1.165, 1.54) is 0 Å². The third-order valence-corrected chi connectivity index (χ3v) is 3.64. The molecule has 0 radical (unpaired) electrons. The van der Waals surface area contributed by atoms with Gasteiger partial charge in [-0.15, -0.1) is 0 Å². The highest BCUT2D eigenvalue weighted by Gasteiger charge is 2.15. The van der Waals surface area contributed by atoms with Gasteiger partial charge >= 0.3 is 0 Å². The maximum absolute atomic E-state index is 12.2. The van der Waals surface area contributed by atoms with Gasteiger partial charge in [0.15, 0.2) is 5.78 Å². The minimum Gasteiger partial charge on any atom is -0.351 e. The molecule has 2 rings (SSSR count). The summed E-state index contributed by atoms with van der Waals surface area (Å²) in [5, 5.41) is 4.78. The number of carbonyl (C=O) groups is 1. The second kappa shape index (κ2) is 4.61. The van der Waals surface area contributed by atoms with Crippen LogP contribution >= 0.6 is 11.6 Å². The first-order chi connectivity index (χ1) is 8.40. The number of hydrogen-bond acceptors (Lipinski definition) is 2. The molecule has 96 valence electrons. The minimum atomic E-state index is 0.0513. The van der Waals surface area contributed by atoms with Gasteiger partial charge < -0.3 is 4.57 Å². The average molecular weight is 266 g/mol. The Labute approximate surface area is 111 Å². The Hall–Kier alpha value is -1.55. The van der Waals surface area contributed by atoms with Crippen molar-refractivity contribution in [3.05, 3.63) is 39.9 Å². The van der Waals surface area contributed by atoms with E-state index in [9.17, 15) is 4.79 Å². The van der Waals surface area contributed by atoms with E-state index >= 15 is 0 Å². The summed E-state index contributed by atoms with van der Waals surface area (Å²) in [5.41, 5.74) is 3.54. The zero-order valence-corrected chi connectivity index (χ0v) is 11.7. The van der Waals surface area contributed by atoms with Crippen molar-refractivity contribution in [2.75, 3.05) is 0 Å². The van der Waals surface area contributed by atoms with Gasteiger partial charge in [-0.1, -0.05) is 11.6 Å². The van der Waals surface area contributed by atoms with E-state index in [2.05, 4.69) is 5.10 Å². The van der Waals surface area contributed by atoms with Crippen LogP contribution in [0.1, 0.15) is 27.4 Å². The molecule has 0 unspecified atom stereocenters. The standard InChI is InChI=1S/C13H16ClN3O/c1-8-5-11(10(3)16(8)4)13(18)7-17-6-12(14)9(2)15-17/h5-6H,7H2,1-4H3. The lowest BCUT2D eigenvalue weighted by atomic mass is 10.1. The minimum absolute atomic E-state index is 0.0513.